The second kappa shape index (κ2) is 61.1. The summed E-state index contributed by atoms with van der Waals surface area (Å²) in [5.74, 6) is -13.1. The van der Waals surface area contributed by atoms with Gasteiger partial charge in [-0.2, -0.15) is 0 Å². The van der Waals surface area contributed by atoms with E-state index in [1.165, 1.54) is 0 Å². The fraction of sp³-hybridized carbons (Fsp3) is 0.235. The van der Waals surface area contributed by atoms with Gasteiger partial charge in [0, 0.05) is 73.2 Å². The second-order valence-corrected chi connectivity index (χ2v) is 9.16. The third-order valence-corrected chi connectivity index (χ3v) is 5.01. The number of pyridine rings is 4. The van der Waals surface area contributed by atoms with Gasteiger partial charge in [-0.05, 0) is 74.7 Å². The molecule has 0 aromatic carbocycles. The Balaban J connectivity index is -0.0000000537. The number of nitrogens with two attached hydrogens (primary N) is 4. The first-order valence-electron chi connectivity index (χ1n) is 15.3. The molecule has 362 valence electrons. The van der Waals surface area contributed by atoms with Crippen molar-refractivity contribution in [3.05, 3.63) is 120 Å². The number of hydrogen-bond donors (Lipinski definition) is 4. The molecular formula is C34H46Cl2Cu4N8O14+2. The van der Waals surface area contributed by atoms with Gasteiger partial charge in [0.15, 0.2) is 0 Å². The minimum absolute atomic E-state index is 0. The van der Waals surface area contributed by atoms with Crippen LogP contribution < -0.4 is 78.4 Å². The van der Waals surface area contributed by atoms with E-state index in [-0.39, 0.29) is 104 Å². The van der Waals surface area contributed by atoms with Crippen LogP contribution in [0.25, 0.3) is 0 Å². The van der Waals surface area contributed by atoms with Crippen LogP contribution in [-0.4, -0.2) is 81.9 Å². The quantitative estimate of drug-likeness (QED) is 0.0723. The summed E-state index contributed by atoms with van der Waals surface area (Å²) in [6.07, 6.45) is 10.6. The van der Waals surface area contributed by atoms with Crippen LogP contribution in [0, 0.1) is 0 Å². The summed E-state index contributed by atoms with van der Waals surface area (Å²) in [5, 5.41) is 53.6. The van der Waals surface area contributed by atoms with Gasteiger partial charge in [0.25, 0.3) is 0 Å². The van der Waals surface area contributed by atoms with E-state index in [4.69, 9.17) is 82.3 Å². The Labute approximate surface area is 411 Å². The van der Waals surface area contributed by atoms with E-state index in [1.807, 2.05) is 72.8 Å². The molecule has 0 bridgehead atoms. The van der Waals surface area contributed by atoms with Crippen LogP contribution in [0.5, 0.6) is 0 Å². The zero-order valence-electron chi connectivity index (χ0n) is 32.0. The number of hydrogen-bond acceptors (Lipinski definition) is 20. The van der Waals surface area contributed by atoms with Crippen LogP contribution in [0.4, 0.5) is 0 Å². The predicted molar refractivity (Wildman–Crippen MR) is 188 cm³/mol. The SMILES string of the molecule is NCCc1ccccn1.NCCc1ccccn1.NCCc1ccccn1.NCCc1ccccn1.O=C([O-])C(=O)[O-].O=C([O-])C(=O)[O-].O=C([O-])C(=O)[O-].[Cl-].[Cl-].[Cu+2].[Cu+2].[Cu+2].[Cu+2].[OH3+].[OH3+]. The molecule has 0 amide bonds. The van der Waals surface area contributed by atoms with Crippen LogP contribution in [0.1, 0.15) is 22.8 Å². The number of carboxylic acid groups (broad SMARTS) is 6. The minimum atomic E-state index is -2.19. The maximum Gasteiger partial charge on any atom is 2.00 e. The van der Waals surface area contributed by atoms with Crippen LogP contribution in [0.3, 0.4) is 0 Å². The molecule has 4 aromatic rings. The molecule has 4 aromatic heterocycles. The Kier molecular flexibility index (Phi) is 84.0. The molecule has 62 heavy (non-hydrogen) atoms. The maximum absolute atomic E-state index is 8.93. The monoisotopic (exact) mass is 1110 g/mol. The minimum Gasteiger partial charge on any atom is -1.00 e. The molecule has 0 saturated carbocycles. The molecule has 0 aliphatic heterocycles. The first-order valence-corrected chi connectivity index (χ1v) is 15.3. The van der Waals surface area contributed by atoms with E-state index in [2.05, 4.69) is 19.9 Å². The average Bonchev–Trinajstić information content (AvgIpc) is 3.15. The molecule has 0 unspecified atom stereocenters. The normalized spacial score (nSPS) is 7.61. The Morgan fingerprint density at radius 3 is 0.581 bits per heavy atom. The van der Waals surface area contributed by atoms with E-state index in [0.717, 1.165) is 48.5 Å². The molecule has 0 saturated heterocycles. The molecule has 22 nitrogen and oxygen atoms in total. The fourth-order valence-electron chi connectivity index (χ4n) is 2.78. The van der Waals surface area contributed by atoms with Gasteiger partial charge < -0.3 is 118 Å². The Morgan fingerprint density at radius 2 is 0.500 bits per heavy atom. The largest absolute Gasteiger partial charge is 2.00 e. The van der Waals surface area contributed by atoms with Crippen molar-refractivity contribution >= 4 is 35.8 Å². The van der Waals surface area contributed by atoms with E-state index in [9.17, 15) is 0 Å². The van der Waals surface area contributed by atoms with Gasteiger partial charge in [-0.1, -0.05) is 24.3 Å². The van der Waals surface area contributed by atoms with Gasteiger partial charge in [0.2, 0.25) is 0 Å². The van der Waals surface area contributed by atoms with Crippen molar-refractivity contribution in [2.75, 3.05) is 26.2 Å². The Bertz CT molecular complexity index is 1350. The second-order valence-electron chi connectivity index (χ2n) is 9.16. The summed E-state index contributed by atoms with van der Waals surface area (Å²) in [5.41, 5.74) is 25.6. The van der Waals surface area contributed by atoms with Crippen molar-refractivity contribution in [1.82, 2.24) is 19.9 Å². The molecular weight excluding hydrogens is 1070 g/mol. The Hall–Kier alpha value is -4.16. The summed E-state index contributed by atoms with van der Waals surface area (Å²) in [4.78, 5) is 69.9. The van der Waals surface area contributed by atoms with Gasteiger partial charge in [0.1, 0.15) is 0 Å². The molecule has 0 aliphatic rings. The summed E-state index contributed by atoms with van der Waals surface area (Å²) < 4.78 is 0. The number of rotatable bonds is 8. The number of aromatic nitrogens is 4. The van der Waals surface area contributed by atoms with Crippen molar-refractivity contribution in [2.45, 2.75) is 25.7 Å². The van der Waals surface area contributed by atoms with Gasteiger partial charge in [-0.15, -0.1) is 0 Å². The smallest absolute Gasteiger partial charge is 1.00 e. The van der Waals surface area contributed by atoms with Gasteiger partial charge >= 0.3 is 68.3 Å². The predicted octanol–water partition coefficient (Wildman–Crippen LogP) is -16.1. The molecule has 0 spiro atoms. The number of aliphatic carboxylic acids is 6. The Morgan fingerprint density at radius 1 is 0.355 bits per heavy atom. The standard InChI is InChI=1S/4C7H10N2.3C2H2O4.2ClH.4Cu.2H2O/c4*8-5-4-7-3-1-2-6-9-7;3*3-1(4)2(5)6;;;;;;;;/h4*1-3,6H,4-5,8H2;3*(H,3,4)(H,5,6);2*1H;;;;;2*1H2/q;;;;;;;;;4*+2;;/p-6. The van der Waals surface area contributed by atoms with E-state index < -0.39 is 35.8 Å². The van der Waals surface area contributed by atoms with Crippen LogP contribution in [0.15, 0.2) is 97.6 Å². The number of carbonyl (C=O) groups excluding carboxylic acids is 6. The van der Waals surface area contributed by atoms with E-state index in [0.29, 0.717) is 26.2 Å². The molecule has 0 fully saturated rings. The molecule has 4 radical (unpaired) electrons. The number of nitrogens with zero attached hydrogens (tertiary/aromatic N) is 4. The van der Waals surface area contributed by atoms with Crippen molar-refractivity contribution in [3.63, 3.8) is 0 Å². The van der Waals surface area contributed by atoms with Gasteiger partial charge in [-0.3, -0.25) is 19.9 Å². The third kappa shape index (κ3) is 62.5. The number of carbonyl (C=O) groups is 6. The first-order chi connectivity index (χ1) is 25.7. The van der Waals surface area contributed by atoms with Crippen molar-refractivity contribution in [2.24, 2.45) is 22.9 Å². The van der Waals surface area contributed by atoms with Crippen molar-refractivity contribution in [1.29, 1.82) is 0 Å². The molecule has 4 rings (SSSR count). The van der Waals surface area contributed by atoms with E-state index >= 15 is 0 Å². The summed E-state index contributed by atoms with van der Waals surface area (Å²) in [6.45, 7) is 2.71. The molecule has 0 aliphatic carbocycles. The zero-order valence-corrected chi connectivity index (χ0v) is 37.3. The first kappa shape index (κ1) is 85.2. The zero-order chi connectivity index (χ0) is 41.6. The van der Waals surface area contributed by atoms with Crippen LogP contribution in [-0.2, 0) is 134 Å². The average molecular weight is 1120 g/mol. The summed E-state index contributed by atoms with van der Waals surface area (Å²) in [6, 6.07) is 23.4. The van der Waals surface area contributed by atoms with E-state index in [1.54, 1.807) is 24.8 Å². The topological polar surface area (TPSA) is 462 Å². The van der Waals surface area contributed by atoms with Gasteiger partial charge in [0.05, 0.1) is 35.8 Å². The van der Waals surface area contributed by atoms with Crippen molar-refractivity contribution in [3.8, 4) is 0 Å². The van der Waals surface area contributed by atoms with Crippen LogP contribution in [0.2, 0.25) is 0 Å². The van der Waals surface area contributed by atoms with Crippen LogP contribution >= 0.6 is 0 Å². The molecule has 14 N–H and O–H groups in total. The molecule has 4 heterocycles. The number of carboxylic acids is 6. The number of halogens is 2. The molecule has 28 heteroatoms. The fourth-order valence-corrected chi connectivity index (χ4v) is 2.78. The van der Waals surface area contributed by atoms with Crippen molar-refractivity contribution < 1.29 is 163 Å². The third-order valence-electron chi connectivity index (χ3n) is 5.01. The molecule has 0 atom stereocenters. The summed E-state index contributed by atoms with van der Waals surface area (Å²) >= 11 is 0. The summed E-state index contributed by atoms with van der Waals surface area (Å²) in [7, 11) is 0. The maximum atomic E-state index is 8.93. The van der Waals surface area contributed by atoms with Gasteiger partial charge in [-0.25, -0.2) is 0 Å².